The van der Waals surface area contributed by atoms with Gasteiger partial charge in [-0.3, -0.25) is 0 Å². The zero-order valence-electron chi connectivity index (χ0n) is 10.9. The molecule has 98 valence electrons. The van der Waals surface area contributed by atoms with Crippen LogP contribution in [0.25, 0.3) is 0 Å². The third kappa shape index (κ3) is 3.46. The highest BCUT2D eigenvalue weighted by Gasteiger charge is 2.12. The number of nitrogens with zero attached hydrogens (tertiary/aromatic N) is 1. The summed E-state index contributed by atoms with van der Waals surface area (Å²) in [5.74, 6) is 0.784. The van der Waals surface area contributed by atoms with E-state index < -0.39 is 6.10 Å². The molecule has 0 aliphatic carbocycles. The van der Waals surface area contributed by atoms with E-state index in [2.05, 4.69) is 6.07 Å². The molecule has 0 aliphatic heterocycles. The minimum atomic E-state index is -0.657. The molecule has 0 saturated carbocycles. The van der Waals surface area contributed by atoms with Crippen molar-refractivity contribution in [3.05, 3.63) is 28.8 Å². The van der Waals surface area contributed by atoms with E-state index in [1.807, 2.05) is 26.0 Å². The van der Waals surface area contributed by atoms with Crippen LogP contribution in [0.4, 0.5) is 0 Å². The van der Waals surface area contributed by atoms with E-state index in [1.165, 1.54) is 0 Å². The summed E-state index contributed by atoms with van der Waals surface area (Å²) < 4.78 is 5.66. The number of hydrogen-bond acceptors (Lipinski definition) is 4. The molecule has 0 saturated heterocycles. The van der Waals surface area contributed by atoms with Gasteiger partial charge in [0.15, 0.2) is 0 Å². The number of nitriles is 1. The monoisotopic (exact) mass is 248 g/mol. The van der Waals surface area contributed by atoms with Crippen molar-refractivity contribution in [1.29, 1.82) is 5.26 Å². The lowest BCUT2D eigenvalue weighted by atomic mass is 10.0. The molecule has 0 bridgehead atoms. The maximum absolute atomic E-state index is 9.44. The van der Waals surface area contributed by atoms with Crippen molar-refractivity contribution in [2.45, 2.75) is 32.8 Å². The molecule has 0 amide bonds. The Kier molecular flexibility index (Phi) is 5.63. The molecule has 0 radical (unpaired) electrons. The normalized spacial score (nSPS) is 11.9. The molecule has 0 aliphatic rings. The van der Waals surface area contributed by atoms with Crippen LogP contribution in [0.3, 0.4) is 0 Å². The minimum absolute atomic E-state index is 0.180. The fraction of sp³-hybridized carbons (Fsp3) is 0.500. The Bertz CT molecular complexity index is 413. The first-order chi connectivity index (χ1) is 8.65. The van der Waals surface area contributed by atoms with E-state index in [0.29, 0.717) is 5.56 Å². The zero-order valence-corrected chi connectivity index (χ0v) is 10.9. The van der Waals surface area contributed by atoms with Crippen molar-refractivity contribution in [1.82, 2.24) is 0 Å². The van der Waals surface area contributed by atoms with Gasteiger partial charge in [0, 0.05) is 6.54 Å². The van der Waals surface area contributed by atoms with Gasteiger partial charge in [-0.1, -0.05) is 13.8 Å². The molecule has 1 atom stereocenters. The number of hydrogen-bond donors (Lipinski definition) is 2. The first kappa shape index (κ1) is 14.5. The summed E-state index contributed by atoms with van der Waals surface area (Å²) in [7, 11) is 0. The molecule has 0 heterocycles. The van der Waals surface area contributed by atoms with Crippen LogP contribution in [-0.4, -0.2) is 24.4 Å². The van der Waals surface area contributed by atoms with Crippen LogP contribution in [-0.2, 0) is 12.8 Å². The largest absolute Gasteiger partial charge is 0.490 e. The maximum Gasteiger partial charge on any atom is 0.125 e. The van der Waals surface area contributed by atoms with Gasteiger partial charge in [-0.2, -0.15) is 5.26 Å². The average molecular weight is 248 g/mol. The van der Waals surface area contributed by atoms with Gasteiger partial charge in [0.25, 0.3) is 0 Å². The summed E-state index contributed by atoms with van der Waals surface area (Å²) in [5, 5.41) is 18.4. The van der Waals surface area contributed by atoms with Crippen LogP contribution in [0.15, 0.2) is 12.1 Å². The third-order valence-corrected chi connectivity index (χ3v) is 2.83. The first-order valence-electron chi connectivity index (χ1n) is 6.23. The van der Waals surface area contributed by atoms with E-state index in [4.69, 9.17) is 15.7 Å². The lowest BCUT2D eigenvalue weighted by Gasteiger charge is -2.17. The minimum Gasteiger partial charge on any atom is -0.490 e. The summed E-state index contributed by atoms with van der Waals surface area (Å²) in [5.41, 5.74) is 7.99. The van der Waals surface area contributed by atoms with Gasteiger partial charge >= 0.3 is 0 Å². The molecule has 1 unspecified atom stereocenters. The molecule has 4 nitrogen and oxygen atoms in total. The smallest absolute Gasteiger partial charge is 0.125 e. The van der Waals surface area contributed by atoms with Gasteiger partial charge in [-0.25, -0.2) is 0 Å². The van der Waals surface area contributed by atoms with Gasteiger partial charge in [0.05, 0.1) is 11.6 Å². The van der Waals surface area contributed by atoms with Gasteiger partial charge < -0.3 is 15.6 Å². The second-order valence-electron chi connectivity index (χ2n) is 4.14. The summed E-state index contributed by atoms with van der Waals surface area (Å²) in [6.45, 7) is 4.39. The number of aliphatic hydroxyl groups is 1. The van der Waals surface area contributed by atoms with Crippen LogP contribution in [0.2, 0.25) is 0 Å². The summed E-state index contributed by atoms with van der Waals surface area (Å²) in [6.07, 6.45) is 0.919. The fourth-order valence-electron chi connectivity index (χ4n) is 1.78. The molecule has 4 heteroatoms. The van der Waals surface area contributed by atoms with Crippen LogP contribution in [0, 0.1) is 11.3 Å². The lowest BCUT2D eigenvalue weighted by Crippen LogP contribution is -2.27. The molecular weight excluding hydrogens is 228 g/mol. The second-order valence-corrected chi connectivity index (χ2v) is 4.14. The predicted octanol–water partition coefficient (Wildman–Crippen LogP) is 1.38. The molecule has 0 aromatic heterocycles. The average Bonchev–Trinajstić information content (AvgIpc) is 2.43. The van der Waals surface area contributed by atoms with Crippen molar-refractivity contribution in [2.75, 3.05) is 13.2 Å². The summed E-state index contributed by atoms with van der Waals surface area (Å²) in [4.78, 5) is 0. The lowest BCUT2D eigenvalue weighted by molar-refractivity contribution is 0.113. The van der Waals surface area contributed by atoms with E-state index in [1.54, 1.807) is 0 Å². The van der Waals surface area contributed by atoms with Crippen LogP contribution < -0.4 is 10.5 Å². The van der Waals surface area contributed by atoms with Crippen LogP contribution in [0.1, 0.15) is 30.5 Å². The Hall–Kier alpha value is -1.57. The van der Waals surface area contributed by atoms with Crippen molar-refractivity contribution in [2.24, 2.45) is 5.73 Å². The van der Waals surface area contributed by atoms with Crippen molar-refractivity contribution in [3.8, 4) is 11.8 Å². The topological polar surface area (TPSA) is 79.3 Å². The Balaban J connectivity index is 3.04. The standard InChI is InChI=1S/C14H20N2O2/c1-3-11-5-10(7-15)6-12(4-2)14(11)18-9-13(17)8-16/h5-6,13,17H,3-4,8-9,16H2,1-2H3. The number of benzene rings is 1. The Morgan fingerprint density at radius 1 is 1.33 bits per heavy atom. The number of aliphatic hydroxyl groups excluding tert-OH is 1. The van der Waals surface area contributed by atoms with Crippen molar-refractivity contribution in [3.63, 3.8) is 0 Å². The first-order valence-corrected chi connectivity index (χ1v) is 6.23. The van der Waals surface area contributed by atoms with E-state index in [9.17, 15) is 5.11 Å². The fourth-order valence-corrected chi connectivity index (χ4v) is 1.78. The number of rotatable bonds is 6. The molecule has 1 aromatic rings. The molecule has 1 rings (SSSR count). The highest BCUT2D eigenvalue weighted by Crippen LogP contribution is 2.27. The second kappa shape index (κ2) is 7.00. The van der Waals surface area contributed by atoms with Gasteiger partial charge in [0.2, 0.25) is 0 Å². The predicted molar refractivity (Wildman–Crippen MR) is 70.5 cm³/mol. The van der Waals surface area contributed by atoms with E-state index in [0.717, 1.165) is 29.7 Å². The maximum atomic E-state index is 9.44. The number of aryl methyl sites for hydroxylation is 2. The molecular formula is C14H20N2O2. The van der Waals surface area contributed by atoms with E-state index in [-0.39, 0.29) is 13.2 Å². The van der Waals surface area contributed by atoms with Crippen LogP contribution in [0.5, 0.6) is 5.75 Å². The molecule has 3 N–H and O–H groups in total. The van der Waals surface area contributed by atoms with Gasteiger partial charge in [-0.05, 0) is 36.1 Å². The van der Waals surface area contributed by atoms with Crippen molar-refractivity contribution < 1.29 is 9.84 Å². The molecule has 1 aromatic carbocycles. The highest BCUT2D eigenvalue weighted by atomic mass is 16.5. The summed E-state index contributed by atoms with van der Waals surface area (Å²) >= 11 is 0. The van der Waals surface area contributed by atoms with Gasteiger partial charge in [-0.15, -0.1) is 0 Å². The molecule has 18 heavy (non-hydrogen) atoms. The number of ether oxygens (including phenoxy) is 1. The van der Waals surface area contributed by atoms with Gasteiger partial charge in [0.1, 0.15) is 18.5 Å². The summed E-state index contributed by atoms with van der Waals surface area (Å²) in [6, 6.07) is 5.83. The quantitative estimate of drug-likeness (QED) is 0.797. The van der Waals surface area contributed by atoms with Crippen LogP contribution >= 0.6 is 0 Å². The van der Waals surface area contributed by atoms with E-state index >= 15 is 0 Å². The Morgan fingerprint density at radius 2 is 1.89 bits per heavy atom. The number of nitrogens with two attached hydrogens (primary N) is 1. The van der Waals surface area contributed by atoms with Crippen molar-refractivity contribution >= 4 is 0 Å². The molecule has 0 spiro atoms. The SMILES string of the molecule is CCc1cc(C#N)cc(CC)c1OCC(O)CN. The highest BCUT2D eigenvalue weighted by molar-refractivity contribution is 5.48. The third-order valence-electron chi connectivity index (χ3n) is 2.83. The Morgan fingerprint density at radius 3 is 2.28 bits per heavy atom. The molecule has 0 fully saturated rings. The Labute approximate surface area is 108 Å². The zero-order chi connectivity index (χ0) is 13.5.